The molecule has 3 aromatic rings. The fourth-order valence-corrected chi connectivity index (χ4v) is 2.46. The van der Waals surface area contributed by atoms with Crippen molar-refractivity contribution in [3.05, 3.63) is 52.5 Å². The minimum absolute atomic E-state index is 0.296. The molecule has 1 heterocycles. The lowest BCUT2D eigenvalue weighted by atomic mass is 10.3. The van der Waals surface area contributed by atoms with Gasteiger partial charge in [-0.15, -0.1) is 0 Å². The number of hydrogen-bond donors (Lipinski definition) is 2. The Bertz CT molecular complexity index is 860. The van der Waals surface area contributed by atoms with Gasteiger partial charge in [0.15, 0.2) is 0 Å². The fraction of sp³-hybridized carbons (Fsp3) is 0.0667. The summed E-state index contributed by atoms with van der Waals surface area (Å²) in [5, 5.41) is 6.02. The largest absolute Gasteiger partial charge is 0.326 e. The number of imidazole rings is 1. The minimum atomic E-state index is -0.442. The van der Waals surface area contributed by atoms with Gasteiger partial charge in [-0.2, -0.15) is 0 Å². The molecule has 112 valence electrons. The Balaban J connectivity index is 1.81. The zero-order valence-electron chi connectivity index (χ0n) is 11.6. The first-order valence-corrected chi connectivity index (χ1v) is 7.25. The van der Waals surface area contributed by atoms with Crippen LogP contribution in [0.5, 0.6) is 0 Å². The van der Waals surface area contributed by atoms with Crippen LogP contribution in [0, 0.1) is 0 Å². The number of nitrogens with one attached hydrogen (secondary N) is 2. The maximum atomic E-state index is 12.1. The molecule has 5 nitrogen and oxygen atoms in total. The molecule has 2 aromatic carbocycles. The second-order valence-electron chi connectivity index (χ2n) is 4.66. The Morgan fingerprint density at radius 1 is 1.09 bits per heavy atom. The number of hydrogen-bond acceptors (Lipinski definition) is 2. The quantitative estimate of drug-likeness (QED) is 0.723. The van der Waals surface area contributed by atoms with Crippen LogP contribution < -0.4 is 10.6 Å². The number of fused-ring (bicyclic) bond motifs is 1. The zero-order chi connectivity index (χ0) is 15.7. The highest BCUT2D eigenvalue weighted by atomic mass is 35.5. The number of para-hydroxylation sites is 2. The molecular weight excluding hydrogens is 323 g/mol. The highest BCUT2D eigenvalue weighted by Gasteiger charge is 2.12. The normalized spacial score (nSPS) is 10.7. The smallest absolute Gasteiger partial charge is 0.313 e. The van der Waals surface area contributed by atoms with Gasteiger partial charge in [0.1, 0.15) is 0 Å². The van der Waals surface area contributed by atoms with Crippen molar-refractivity contribution >= 4 is 51.9 Å². The van der Waals surface area contributed by atoms with Crippen LogP contribution >= 0.6 is 23.2 Å². The van der Waals surface area contributed by atoms with Crippen molar-refractivity contribution in [2.45, 2.75) is 0 Å². The van der Waals surface area contributed by atoms with Gasteiger partial charge in [-0.1, -0.05) is 41.4 Å². The van der Waals surface area contributed by atoms with E-state index < -0.39 is 6.03 Å². The number of amides is 2. The Labute approximate surface area is 136 Å². The first kappa shape index (κ1) is 14.7. The molecule has 0 radical (unpaired) electrons. The minimum Gasteiger partial charge on any atom is -0.313 e. The van der Waals surface area contributed by atoms with Gasteiger partial charge in [-0.3, -0.25) is 5.32 Å². The summed E-state index contributed by atoms with van der Waals surface area (Å²) in [4.78, 5) is 16.5. The lowest BCUT2D eigenvalue weighted by Crippen LogP contribution is -2.21. The first-order chi connectivity index (χ1) is 10.6. The molecule has 0 saturated heterocycles. The lowest BCUT2D eigenvalue weighted by Gasteiger charge is -2.09. The van der Waals surface area contributed by atoms with Gasteiger partial charge in [-0.25, -0.2) is 9.78 Å². The van der Waals surface area contributed by atoms with Crippen molar-refractivity contribution in [2.24, 2.45) is 7.05 Å². The van der Waals surface area contributed by atoms with Crippen LogP contribution in [-0.2, 0) is 7.05 Å². The number of carbonyl (C=O) groups is 1. The maximum absolute atomic E-state index is 12.1. The predicted molar refractivity (Wildman–Crippen MR) is 89.8 cm³/mol. The van der Waals surface area contributed by atoms with Crippen LogP contribution in [0.1, 0.15) is 0 Å². The third-order valence-corrected chi connectivity index (χ3v) is 4.03. The van der Waals surface area contributed by atoms with Crippen LogP contribution in [0.2, 0.25) is 10.0 Å². The number of nitrogens with zero attached hydrogens (tertiary/aromatic N) is 2. The molecule has 0 unspecified atom stereocenters. The summed E-state index contributed by atoms with van der Waals surface area (Å²) >= 11 is 12.0. The molecule has 0 aliphatic rings. The van der Waals surface area contributed by atoms with E-state index in [-0.39, 0.29) is 0 Å². The van der Waals surface area contributed by atoms with Crippen molar-refractivity contribution in [1.82, 2.24) is 9.55 Å². The van der Waals surface area contributed by atoms with Crippen molar-refractivity contribution in [1.29, 1.82) is 0 Å². The molecule has 0 aliphatic carbocycles. The summed E-state index contributed by atoms with van der Waals surface area (Å²) in [6.07, 6.45) is 0. The predicted octanol–water partition coefficient (Wildman–Crippen LogP) is 4.52. The Hall–Kier alpha value is -2.24. The third-order valence-electron chi connectivity index (χ3n) is 3.21. The van der Waals surface area contributed by atoms with Gasteiger partial charge in [0, 0.05) is 7.05 Å². The van der Waals surface area contributed by atoms with Crippen LogP contribution in [-0.4, -0.2) is 15.6 Å². The van der Waals surface area contributed by atoms with Crippen LogP contribution in [0.4, 0.5) is 16.4 Å². The second kappa shape index (κ2) is 5.87. The molecule has 2 N–H and O–H groups in total. The molecule has 2 amide bonds. The monoisotopic (exact) mass is 334 g/mol. The SMILES string of the molecule is Cn1c(NC(=O)Nc2cccc(Cl)c2Cl)nc2ccccc21. The van der Waals surface area contributed by atoms with E-state index in [0.29, 0.717) is 21.7 Å². The van der Waals surface area contributed by atoms with E-state index in [1.54, 1.807) is 22.8 Å². The van der Waals surface area contributed by atoms with Crippen molar-refractivity contribution in [3.8, 4) is 0 Å². The Morgan fingerprint density at radius 3 is 2.64 bits per heavy atom. The Morgan fingerprint density at radius 2 is 1.86 bits per heavy atom. The van der Waals surface area contributed by atoms with Gasteiger partial charge in [-0.05, 0) is 24.3 Å². The van der Waals surface area contributed by atoms with E-state index >= 15 is 0 Å². The molecule has 0 bridgehead atoms. The number of aromatic nitrogens is 2. The summed E-state index contributed by atoms with van der Waals surface area (Å²) < 4.78 is 1.80. The molecular formula is C15H12Cl2N4O. The van der Waals surface area contributed by atoms with E-state index in [1.165, 1.54) is 0 Å². The lowest BCUT2D eigenvalue weighted by molar-refractivity contribution is 0.262. The molecule has 0 fully saturated rings. The number of anilines is 2. The number of benzene rings is 2. The summed E-state index contributed by atoms with van der Waals surface area (Å²) in [6, 6.07) is 12.2. The summed E-state index contributed by atoms with van der Waals surface area (Å²) in [5.74, 6) is 0.442. The molecule has 0 saturated carbocycles. The maximum Gasteiger partial charge on any atom is 0.326 e. The number of halogens is 2. The number of aryl methyl sites for hydroxylation is 1. The summed E-state index contributed by atoms with van der Waals surface area (Å²) in [7, 11) is 1.83. The average molecular weight is 335 g/mol. The van der Waals surface area contributed by atoms with E-state index in [9.17, 15) is 4.79 Å². The number of carbonyl (C=O) groups excluding carboxylic acids is 1. The average Bonchev–Trinajstić information content (AvgIpc) is 2.81. The van der Waals surface area contributed by atoms with Crippen molar-refractivity contribution < 1.29 is 4.79 Å². The molecule has 1 aromatic heterocycles. The first-order valence-electron chi connectivity index (χ1n) is 6.50. The van der Waals surface area contributed by atoms with E-state index in [1.807, 2.05) is 31.3 Å². The topological polar surface area (TPSA) is 59.0 Å². The zero-order valence-corrected chi connectivity index (χ0v) is 13.1. The van der Waals surface area contributed by atoms with Gasteiger partial charge in [0.05, 0.1) is 26.8 Å². The van der Waals surface area contributed by atoms with E-state index in [0.717, 1.165) is 11.0 Å². The van der Waals surface area contributed by atoms with Crippen molar-refractivity contribution in [2.75, 3.05) is 10.6 Å². The highest BCUT2D eigenvalue weighted by Crippen LogP contribution is 2.29. The van der Waals surface area contributed by atoms with E-state index in [2.05, 4.69) is 15.6 Å². The summed E-state index contributed by atoms with van der Waals surface area (Å²) in [5.41, 5.74) is 2.17. The highest BCUT2D eigenvalue weighted by molar-refractivity contribution is 6.44. The molecule has 0 atom stereocenters. The van der Waals surface area contributed by atoms with Crippen LogP contribution in [0.25, 0.3) is 11.0 Å². The molecule has 0 aliphatic heterocycles. The fourth-order valence-electron chi connectivity index (χ4n) is 2.11. The van der Waals surface area contributed by atoms with Gasteiger partial charge >= 0.3 is 6.03 Å². The number of rotatable bonds is 2. The molecule has 22 heavy (non-hydrogen) atoms. The molecule has 3 rings (SSSR count). The van der Waals surface area contributed by atoms with Gasteiger partial charge in [0.25, 0.3) is 0 Å². The van der Waals surface area contributed by atoms with Crippen molar-refractivity contribution in [3.63, 3.8) is 0 Å². The Kier molecular flexibility index (Phi) is 3.92. The van der Waals surface area contributed by atoms with Gasteiger partial charge in [0.2, 0.25) is 5.95 Å². The standard InChI is InChI=1S/C15H12Cl2N4O/c1-21-12-8-3-2-6-10(12)18-14(21)20-15(22)19-11-7-4-5-9(16)13(11)17/h2-8H,1H3,(H2,18,19,20,22). The number of urea groups is 1. The van der Waals surface area contributed by atoms with Crippen LogP contribution in [0.3, 0.4) is 0 Å². The second-order valence-corrected chi connectivity index (χ2v) is 5.45. The van der Waals surface area contributed by atoms with Gasteiger partial charge < -0.3 is 9.88 Å². The molecule has 7 heteroatoms. The van der Waals surface area contributed by atoms with E-state index in [4.69, 9.17) is 23.2 Å². The third kappa shape index (κ3) is 2.73. The summed E-state index contributed by atoms with van der Waals surface area (Å²) in [6.45, 7) is 0. The van der Waals surface area contributed by atoms with Crippen LogP contribution in [0.15, 0.2) is 42.5 Å². The molecule has 0 spiro atoms.